The third-order valence-electron chi connectivity index (χ3n) is 3.43. The van der Waals surface area contributed by atoms with Crippen molar-refractivity contribution in [1.82, 2.24) is 0 Å². The first-order valence-electron chi connectivity index (χ1n) is 7.24. The highest BCUT2D eigenvalue weighted by atomic mass is 35.5. The number of hydrogen-bond acceptors (Lipinski definition) is 4. The molecule has 0 bridgehead atoms. The van der Waals surface area contributed by atoms with Gasteiger partial charge in [0.15, 0.2) is 0 Å². The van der Waals surface area contributed by atoms with E-state index in [4.69, 9.17) is 16.9 Å². The molecule has 0 atom stereocenters. The standard InChI is InChI=1S/C17H16ClN3O3S/c1-12-3-6-14(18)9-16(12)21(25(2,23)24)11-17(22)20-15-7-4-13(10-19)5-8-15/h3-9H,11H2,1-2H3,(H,20,22). The lowest BCUT2D eigenvalue weighted by atomic mass is 10.2. The summed E-state index contributed by atoms with van der Waals surface area (Å²) >= 11 is 5.96. The van der Waals surface area contributed by atoms with Gasteiger partial charge in [0.25, 0.3) is 0 Å². The molecule has 2 rings (SSSR count). The van der Waals surface area contributed by atoms with Crippen molar-refractivity contribution in [2.75, 3.05) is 22.4 Å². The molecular weight excluding hydrogens is 362 g/mol. The van der Waals surface area contributed by atoms with Crippen molar-refractivity contribution in [3.63, 3.8) is 0 Å². The Bertz CT molecular complexity index is 935. The second-order valence-corrected chi connectivity index (χ2v) is 7.78. The largest absolute Gasteiger partial charge is 0.325 e. The molecule has 0 saturated carbocycles. The summed E-state index contributed by atoms with van der Waals surface area (Å²) in [6.07, 6.45) is 1.03. The van der Waals surface area contributed by atoms with Gasteiger partial charge in [-0.15, -0.1) is 0 Å². The molecule has 2 aromatic carbocycles. The van der Waals surface area contributed by atoms with E-state index < -0.39 is 15.9 Å². The van der Waals surface area contributed by atoms with E-state index in [0.717, 1.165) is 10.6 Å². The van der Waals surface area contributed by atoms with Gasteiger partial charge in [-0.25, -0.2) is 8.42 Å². The van der Waals surface area contributed by atoms with Gasteiger partial charge in [0.05, 0.1) is 23.6 Å². The van der Waals surface area contributed by atoms with Gasteiger partial charge in [-0.3, -0.25) is 9.10 Å². The number of benzene rings is 2. The Labute approximate surface area is 151 Å². The summed E-state index contributed by atoms with van der Waals surface area (Å²) in [5.41, 5.74) is 1.97. The van der Waals surface area contributed by atoms with Crippen LogP contribution in [0.3, 0.4) is 0 Å². The van der Waals surface area contributed by atoms with Crippen LogP contribution in [0.1, 0.15) is 11.1 Å². The average Bonchev–Trinajstić information content (AvgIpc) is 2.55. The Morgan fingerprint density at radius 3 is 2.44 bits per heavy atom. The molecule has 0 aliphatic heterocycles. The van der Waals surface area contributed by atoms with Crippen molar-refractivity contribution >= 4 is 38.9 Å². The molecule has 2 aromatic rings. The topological polar surface area (TPSA) is 90.3 Å². The number of nitrogens with one attached hydrogen (secondary N) is 1. The molecule has 0 fully saturated rings. The van der Waals surface area contributed by atoms with Crippen LogP contribution in [0.5, 0.6) is 0 Å². The van der Waals surface area contributed by atoms with Crippen LogP contribution in [-0.2, 0) is 14.8 Å². The molecule has 8 heteroatoms. The lowest BCUT2D eigenvalue weighted by Gasteiger charge is -2.23. The highest BCUT2D eigenvalue weighted by Crippen LogP contribution is 2.26. The number of rotatable bonds is 5. The van der Waals surface area contributed by atoms with Crippen molar-refractivity contribution < 1.29 is 13.2 Å². The van der Waals surface area contributed by atoms with E-state index in [1.165, 1.54) is 6.07 Å². The minimum absolute atomic E-state index is 0.352. The number of hydrogen-bond donors (Lipinski definition) is 1. The van der Waals surface area contributed by atoms with E-state index in [1.807, 2.05) is 6.07 Å². The molecule has 25 heavy (non-hydrogen) atoms. The van der Waals surface area contributed by atoms with Gasteiger partial charge in [-0.2, -0.15) is 5.26 Å². The maximum atomic E-state index is 12.3. The molecule has 6 nitrogen and oxygen atoms in total. The quantitative estimate of drug-likeness (QED) is 0.867. The summed E-state index contributed by atoms with van der Waals surface area (Å²) in [6, 6.07) is 13.1. The molecular formula is C17H16ClN3O3S. The molecule has 0 aliphatic carbocycles. The number of sulfonamides is 1. The zero-order valence-corrected chi connectivity index (χ0v) is 15.2. The fourth-order valence-corrected chi connectivity index (χ4v) is 3.26. The summed E-state index contributed by atoms with van der Waals surface area (Å²) in [7, 11) is -3.68. The second kappa shape index (κ2) is 7.55. The number of aryl methyl sites for hydroxylation is 1. The molecule has 0 spiro atoms. The Kier molecular flexibility index (Phi) is 5.67. The fraction of sp³-hybridized carbons (Fsp3) is 0.176. The minimum Gasteiger partial charge on any atom is -0.325 e. The zero-order chi connectivity index (χ0) is 18.6. The van der Waals surface area contributed by atoms with Crippen LogP contribution >= 0.6 is 11.6 Å². The summed E-state index contributed by atoms with van der Waals surface area (Å²) in [5, 5.41) is 11.8. The van der Waals surface area contributed by atoms with Crippen molar-refractivity contribution in [3.05, 3.63) is 58.6 Å². The number of nitrogens with zero attached hydrogens (tertiary/aromatic N) is 2. The predicted molar refractivity (Wildman–Crippen MR) is 98.2 cm³/mol. The maximum absolute atomic E-state index is 12.3. The third-order valence-corrected chi connectivity index (χ3v) is 4.79. The normalized spacial score (nSPS) is 10.8. The number of halogens is 1. The third kappa shape index (κ3) is 4.95. The van der Waals surface area contributed by atoms with Crippen LogP contribution in [0.15, 0.2) is 42.5 Å². The van der Waals surface area contributed by atoms with Gasteiger partial charge in [0.1, 0.15) is 6.54 Å². The molecule has 0 aliphatic rings. The molecule has 0 saturated heterocycles. The summed E-state index contributed by atoms with van der Waals surface area (Å²) in [4.78, 5) is 12.3. The van der Waals surface area contributed by atoms with Crippen LogP contribution < -0.4 is 9.62 Å². The molecule has 0 heterocycles. The Balaban J connectivity index is 2.24. The molecule has 1 amide bonds. The van der Waals surface area contributed by atoms with Gasteiger partial charge in [-0.05, 0) is 48.9 Å². The Morgan fingerprint density at radius 1 is 1.24 bits per heavy atom. The molecule has 1 N–H and O–H groups in total. The van der Waals surface area contributed by atoms with Crippen LogP contribution in [0.2, 0.25) is 5.02 Å². The van der Waals surface area contributed by atoms with Crippen molar-refractivity contribution in [1.29, 1.82) is 5.26 Å². The van der Waals surface area contributed by atoms with Gasteiger partial charge < -0.3 is 5.32 Å². The van der Waals surface area contributed by atoms with Crippen LogP contribution in [0.4, 0.5) is 11.4 Å². The number of carbonyl (C=O) groups excluding carboxylic acids is 1. The van der Waals surface area contributed by atoms with Crippen LogP contribution in [0, 0.1) is 18.3 Å². The lowest BCUT2D eigenvalue weighted by Crippen LogP contribution is -2.37. The molecule has 0 radical (unpaired) electrons. The molecule has 0 unspecified atom stereocenters. The first kappa shape index (κ1) is 18.8. The van der Waals surface area contributed by atoms with Crippen LogP contribution in [-0.4, -0.2) is 27.1 Å². The highest BCUT2D eigenvalue weighted by Gasteiger charge is 2.22. The van der Waals surface area contributed by atoms with Crippen molar-refractivity contribution in [3.8, 4) is 6.07 Å². The monoisotopic (exact) mass is 377 g/mol. The van der Waals surface area contributed by atoms with E-state index in [-0.39, 0.29) is 6.54 Å². The van der Waals surface area contributed by atoms with E-state index in [2.05, 4.69) is 5.32 Å². The minimum atomic E-state index is -3.68. The summed E-state index contributed by atoms with van der Waals surface area (Å²) in [5.74, 6) is -0.505. The van der Waals surface area contributed by atoms with E-state index in [9.17, 15) is 13.2 Å². The number of nitriles is 1. The first-order chi connectivity index (χ1) is 11.7. The van der Waals surface area contributed by atoms with E-state index in [1.54, 1.807) is 43.3 Å². The summed E-state index contributed by atoms with van der Waals surface area (Å²) in [6.45, 7) is 1.35. The average molecular weight is 378 g/mol. The van der Waals surface area contributed by atoms with Crippen molar-refractivity contribution in [2.24, 2.45) is 0 Å². The number of amides is 1. The highest BCUT2D eigenvalue weighted by molar-refractivity contribution is 7.92. The smallest absolute Gasteiger partial charge is 0.245 e. The molecule has 0 aromatic heterocycles. The van der Waals surface area contributed by atoms with Crippen molar-refractivity contribution in [2.45, 2.75) is 6.92 Å². The Hall–Kier alpha value is -2.56. The summed E-state index contributed by atoms with van der Waals surface area (Å²) < 4.78 is 25.3. The first-order valence-corrected chi connectivity index (χ1v) is 9.47. The lowest BCUT2D eigenvalue weighted by molar-refractivity contribution is -0.114. The molecule has 130 valence electrons. The van der Waals surface area contributed by atoms with Gasteiger partial charge in [0, 0.05) is 10.7 Å². The maximum Gasteiger partial charge on any atom is 0.245 e. The van der Waals surface area contributed by atoms with Gasteiger partial charge >= 0.3 is 0 Å². The predicted octanol–water partition coefficient (Wildman–Crippen LogP) is 2.92. The zero-order valence-electron chi connectivity index (χ0n) is 13.7. The van der Waals surface area contributed by atoms with E-state index >= 15 is 0 Å². The van der Waals surface area contributed by atoms with Crippen LogP contribution in [0.25, 0.3) is 0 Å². The fourth-order valence-electron chi connectivity index (χ4n) is 2.19. The van der Waals surface area contributed by atoms with Gasteiger partial charge in [-0.1, -0.05) is 17.7 Å². The van der Waals surface area contributed by atoms with E-state index in [0.29, 0.717) is 27.5 Å². The second-order valence-electron chi connectivity index (χ2n) is 5.44. The Morgan fingerprint density at radius 2 is 1.88 bits per heavy atom. The SMILES string of the molecule is Cc1ccc(Cl)cc1N(CC(=O)Nc1ccc(C#N)cc1)S(C)(=O)=O. The number of anilines is 2. The van der Waals surface area contributed by atoms with Gasteiger partial charge in [0.2, 0.25) is 15.9 Å². The number of carbonyl (C=O) groups is 1.